The minimum absolute atomic E-state index is 0.102. The predicted molar refractivity (Wildman–Crippen MR) is 118 cm³/mol. The molecule has 1 aliphatic rings. The number of rotatable bonds is 6. The topological polar surface area (TPSA) is 75.4 Å². The Balaban J connectivity index is 1.35. The van der Waals surface area contributed by atoms with Crippen molar-refractivity contribution in [2.45, 2.75) is 18.4 Å². The Morgan fingerprint density at radius 1 is 1.20 bits per heavy atom. The van der Waals surface area contributed by atoms with Crippen LogP contribution in [-0.2, 0) is 11.2 Å². The summed E-state index contributed by atoms with van der Waals surface area (Å²) in [5, 5.41) is 5.48. The molecule has 1 saturated heterocycles. The highest BCUT2D eigenvalue weighted by Gasteiger charge is 2.22. The van der Waals surface area contributed by atoms with E-state index in [9.17, 15) is 4.79 Å². The van der Waals surface area contributed by atoms with E-state index in [2.05, 4.69) is 20.0 Å². The lowest BCUT2D eigenvalue weighted by molar-refractivity contribution is -0.128. The summed E-state index contributed by atoms with van der Waals surface area (Å²) in [7, 11) is 0. The van der Waals surface area contributed by atoms with Crippen LogP contribution in [0.2, 0.25) is 5.02 Å². The number of halogens is 1. The predicted octanol–water partition coefficient (Wildman–Crippen LogP) is 3.79. The van der Waals surface area contributed by atoms with Gasteiger partial charge in [0, 0.05) is 49.5 Å². The van der Waals surface area contributed by atoms with Crippen molar-refractivity contribution >= 4 is 35.0 Å². The third-order valence-corrected chi connectivity index (χ3v) is 6.15. The zero-order chi connectivity index (χ0) is 20.9. The van der Waals surface area contributed by atoms with E-state index in [1.54, 1.807) is 6.20 Å². The summed E-state index contributed by atoms with van der Waals surface area (Å²) in [6.07, 6.45) is 2.39. The van der Waals surface area contributed by atoms with Crippen LogP contribution in [0.15, 0.2) is 52.1 Å². The van der Waals surface area contributed by atoms with E-state index in [1.165, 1.54) is 11.8 Å². The SMILES string of the molecule is CCc1nc(-c2cccnc2SCC(=O)N2CCN(c3cccc(Cl)c3)CC2)no1. The van der Waals surface area contributed by atoms with Gasteiger partial charge in [0.15, 0.2) is 0 Å². The summed E-state index contributed by atoms with van der Waals surface area (Å²) in [4.78, 5) is 25.7. The first-order valence-corrected chi connectivity index (χ1v) is 11.2. The van der Waals surface area contributed by atoms with Crippen LogP contribution >= 0.6 is 23.4 Å². The lowest BCUT2D eigenvalue weighted by Gasteiger charge is -2.36. The molecule has 1 fully saturated rings. The zero-order valence-electron chi connectivity index (χ0n) is 16.6. The van der Waals surface area contributed by atoms with Gasteiger partial charge in [0.25, 0.3) is 0 Å². The number of carbonyl (C=O) groups excluding carboxylic acids is 1. The molecule has 0 radical (unpaired) electrons. The molecule has 1 aliphatic heterocycles. The summed E-state index contributed by atoms with van der Waals surface area (Å²) >= 11 is 7.50. The third kappa shape index (κ3) is 4.76. The molecule has 0 N–H and O–H groups in total. The van der Waals surface area contributed by atoms with Crippen molar-refractivity contribution in [1.29, 1.82) is 0 Å². The van der Waals surface area contributed by atoms with E-state index in [-0.39, 0.29) is 5.91 Å². The van der Waals surface area contributed by atoms with Crippen LogP contribution in [0, 0.1) is 0 Å². The van der Waals surface area contributed by atoms with Gasteiger partial charge in [-0.05, 0) is 30.3 Å². The van der Waals surface area contributed by atoms with Gasteiger partial charge in [-0.2, -0.15) is 4.98 Å². The number of piperazine rings is 1. The second kappa shape index (κ2) is 9.49. The molecule has 30 heavy (non-hydrogen) atoms. The summed E-state index contributed by atoms with van der Waals surface area (Å²) in [6.45, 7) is 4.90. The van der Waals surface area contributed by atoms with Gasteiger partial charge in [0.05, 0.1) is 11.3 Å². The number of amides is 1. The van der Waals surface area contributed by atoms with Crippen LogP contribution in [0.5, 0.6) is 0 Å². The molecule has 7 nitrogen and oxygen atoms in total. The van der Waals surface area contributed by atoms with Crippen molar-refractivity contribution < 1.29 is 9.32 Å². The quantitative estimate of drug-likeness (QED) is 0.536. The van der Waals surface area contributed by atoms with Crippen LogP contribution in [-0.4, -0.2) is 57.9 Å². The summed E-state index contributed by atoms with van der Waals surface area (Å²) in [5.74, 6) is 1.51. The Kier molecular flexibility index (Phi) is 6.54. The first-order valence-electron chi connectivity index (χ1n) is 9.83. The molecule has 0 bridgehead atoms. The van der Waals surface area contributed by atoms with Gasteiger partial charge in [0.1, 0.15) is 5.03 Å². The lowest BCUT2D eigenvalue weighted by atomic mass is 10.2. The number of hydrogen-bond donors (Lipinski definition) is 0. The fourth-order valence-electron chi connectivity index (χ4n) is 3.29. The normalized spacial score (nSPS) is 14.2. The number of thioether (sulfide) groups is 1. The number of aromatic nitrogens is 3. The number of benzene rings is 1. The van der Waals surface area contributed by atoms with Crippen LogP contribution < -0.4 is 4.90 Å². The fourth-order valence-corrected chi connectivity index (χ4v) is 4.37. The van der Waals surface area contributed by atoms with Gasteiger partial charge in [-0.1, -0.05) is 41.5 Å². The molecule has 1 amide bonds. The van der Waals surface area contributed by atoms with Gasteiger partial charge < -0.3 is 14.3 Å². The molecule has 0 saturated carbocycles. The first kappa shape index (κ1) is 20.7. The highest BCUT2D eigenvalue weighted by molar-refractivity contribution is 8.00. The molecule has 3 aromatic rings. The number of anilines is 1. The van der Waals surface area contributed by atoms with Gasteiger partial charge in [0.2, 0.25) is 17.6 Å². The lowest BCUT2D eigenvalue weighted by Crippen LogP contribution is -2.49. The van der Waals surface area contributed by atoms with Crippen LogP contribution in [0.25, 0.3) is 11.4 Å². The molecule has 0 atom stereocenters. The average Bonchev–Trinajstić information content (AvgIpc) is 3.27. The highest BCUT2D eigenvalue weighted by Crippen LogP contribution is 2.28. The molecule has 0 unspecified atom stereocenters. The maximum absolute atomic E-state index is 12.8. The van der Waals surface area contributed by atoms with Gasteiger partial charge >= 0.3 is 0 Å². The average molecular weight is 444 g/mol. The monoisotopic (exact) mass is 443 g/mol. The van der Waals surface area contributed by atoms with Crippen LogP contribution in [0.3, 0.4) is 0 Å². The van der Waals surface area contributed by atoms with Gasteiger partial charge in [-0.15, -0.1) is 0 Å². The van der Waals surface area contributed by atoms with E-state index >= 15 is 0 Å². The molecule has 9 heteroatoms. The smallest absolute Gasteiger partial charge is 0.233 e. The Morgan fingerprint density at radius 2 is 2.03 bits per heavy atom. The highest BCUT2D eigenvalue weighted by atomic mass is 35.5. The largest absolute Gasteiger partial charge is 0.368 e. The van der Waals surface area contributed by atoms with Crippen molar-refractivity contribution in [1.82, 2.24) is 20.0 Å². The van der Waals surface area contributed by atoms with Gasteiger partial charge in [-0.25, -0.2) is 4.98 Å². The van der Waals surface area contributed by atoms with Crippen molar-refractivity contribution in [3.8, 4) is 11.4 Å². The summed E-state index contributed by atoms with van der Waals surface area (Å²) in [5.41, 5.74) is 1.87. The summed E-state index contributed by atoms with van der Waals surface area (Å²) < 4.78 is 5.21. The number of carbonyl (C=O) groups is 1. The first-order chi connectivity index (χ1) is 14.6. The van der Waals surface area contributed by atoms with E-state index in [0.29, 0.717) is 37.0 Å². The van der Waals surface area contributed by atoms with Gasteiger partial charge in [-0.3, -0.25) is 4.79 Å². The number of hydrogen-bond acceptors (Lipinski definition) is 7. The van der Waals surface area contributed by atoms with Crippen molar-refractivity contribution in [3.05, 3.63) is 53.5 Å². The fraction of sp³-hybridized carbons (Fsp3) is 0.333. The van der Waals surface area contributed by atoms with Crippen molar-refractivity contribution in [2.75, 3.05) is 36.8 Å². The molecule has 4 rings (SSSR count). The van der Waals surface area contributed by atoms with E-state index in [4.69, 9.17) is 16.1 Å². The molecular weight excluding hydrogens is 422 g/mol. The Morgan fingerprint density at radius 3 is 2.77 bits per heavy atom. The number of pyridine rings is 1. The number of aryl methyl sites for hydroxylation is 1. The number of nitrogens with zero attached hydrogens (tertiary/aromatic N) is 5. The van der Waals surface area contributed by atoms with Crippen LogP contribution in [0.1, 0.15) is 12.8 Å². The Hall–Kier alpha value is -2.58. The molecule has 0 spiro atoms. The van der Waals surface area contributed by atoms with Crippen molar-refractivity contribution in [2.24, 2.45) is 0 Å². The summed E-state index contributed by atoms with van der Waals surface area (Å²) in [6, 6.07) is 11.5. The molecule has 156 valence electrons. The second-order valence-corrected chi connectivity index (χ2v) is 8.26. The third-order valence-electron chi connectivity index (χ3n) is 4.92. The standard InChI is InChI=1S/C21H22ClN5O2S/c1-2-18-24-20(25-29-18)17-7-4-8-23-21(17)30-14-19(28)27-11-9-26(10-12-27)16-6-3-5-15(22)13-16/h3-8,13H,2,9-12,14H2,1H3. The van der Waals surface area contributed by atoms with E-state index in [1.807, 2.05) is 48.2 Å². The molecule has 3 heterocycles. The van der Waals surface area contributed by atoms with E-state index in [0.717, 1.165) is 34.4 Å². The second-order valence-electron chi connectivity index (χ2n) is 6.86. The molecular formula is C21H22ClN5O2S. The maximum atomic E-state index is 12.8. The maximum Gasteiger partial charge on any atom is 0.233 e. The Labute approximate surface area is 184 Å². The van der Waals surface area contributed by atoms with Crippen LogP contribution in [0.4, 0.5) is 5.69 Å². The van der Waals surface area contributed by atoms with E-state index < -0.39 is 0 Å². The Bertz CT molecular complexity index is 1020. The minimum atomic E-state index is 0.102. The molecule has 2 aromatic heterocycles. The molecule has 0 aliphatic carbocycles. The molecule has 1 aromatic carbocycles. The van der Waals surface area contributed by atoms with Crippen molar-refractivity contribution in [3.63, 3.8) is 0 Å². The minimum Gasteiger partial charge on any atom is -0.368 e. The zero-order valence-corrected chi connectivity index (χ0v) is 18.2.